The smallest absolute Gasteiger partial charge is 0.191 e. The minimum Gasteiger partial charge on any atom is -0.485 e. The number of ketones is 1. The van der Waals surface area contributed by atoms with E-state index >= 15 is 0 Å². The first-order valence-electron chi connectivity index (χ1n) is 4.97. The first-order valence-corrected chi connectivity index (χ1v) is 7.65. The van der Waals surface area contributed by atoms with Crippen LogP contribution in [0.25, 0.3) is 0 Å². The van der Waals surface area contributed by atoms with Crippen LogP contribution in [0.4, 0.5) is 0 Å². The van der Waals surface area contributed by atoms with E-state index in [4.69, 9.17) is 9.47 Å². The Morgan fingerprint density at radius 3 is 2.94 bits per heavy atom. The normalized spacial score (nSPS) is 19.8. The van der Waals surface area contributed by atoms with Gasteiger partial charge >= 0.3 is 0 Å². The molecule has 1 heterocycles. The zero-order valence-electron chi connectivity index (χ0n) is 9.14. The zero-order valence-corrected chi connectivity index (χ0v) is 11.5. The van der Waals surface area contributed by atoms with Crippen molar-refractivity contribution in [2.24, 2.45) is 0 Å². The Kier molecular flexibility index (Phi) is 3.83. The maximum Gasteiger partial charge on any atom is 0.191 e. The lowest BCUT2D eigenvalue weighted by Crippen LogP contribution is -2.37. The van der Waals surface area contributed by atoms with E-state index in [0.717, 1.165) is 0 Å². The third kappa shape index (κ3) is 2.69. The SMILES string of the molecule is CS(=O)c1ccc2c(c1)OCC(C(=O)CBr)O2. The van der Waals surface area contributed by atoms with Crippen molar-refractivity contribution in [3.8, 4) is 11.5 Å². The van der Waals surface area contributed by atoms with Crippen LogP contribution in [0.5, 0.6) is 11.5 Å². The van der Waals surface area contributed by atoms with E-state index in [1.807, 2.05) is 0 Å². The number of hydrogen-bond acceptors (Lipinski definition) is 4. The van der Waals surface area contributed by atoms with Gasteiger partial charge in [0, 0.05) is 28.0 Å². The topological polar surface area (TPSA) is 52.6 Å². The molecular weight excluding hydrogens is 308 g/mol. The molecule has 2 rings (SSSR count). The summed E-state index contributed by atoms with van der Waals surface area (Å²) >= 11 is 3.10. The van der Waals surface area contributed by atoms with Gasteiger partial charge in [-0.2, -0.15) is 0 Å². The fourth-order valence-corrected chi connectivity index (χ4v) is 2.37. The maximum absolute atomic E-state index is 11.5. The fraction of sp³-hybridized carbons (Fsp3) is 0.364. The second kappa shape index (κ2) is 5.18. The van der Waals surface area contributed by atoms with E-state index in [2.05, 4.69) is 15.9 Å². The van der Waals surface area contributed by atoms with Crippen molar-refractivity contribution in [3.63, 3.8) is 0 Å². The lowest BCUT2D eigenvalue weighted by atomic mass is 10.2. The van der Waals surface area contributed by atoms with E-state index in [0.29, 0.717) is 16.4 Å². The van der Waals surface area contributed by atoms with Gasteiger partial charge in [0.15, 0.2) is 23.4 Å². The second-order valence-corrected chi connectivity index (χ2v) is 5.52. The average molecular weight is 319 g/mol. The third-order valence-electron chi connectivity index (χ3n) is 2.40. The molecule has 0 N–H and O–H groups in total. The molecule has 92 valence electrons. The van der Waals surface area contributed by atoms with Crippen molar-refractivity contribution in [2.75, 3.05) is 18.2 Å². The predicted octanol–water partition coefficient (Wildman–Crippen LogP) is 1.53. The van der Waals surface area contributed by atoms with E-state index in [1.165, 1.54) is 0 Å². The Labute approximate surface area is 110 Å². The standard InChI is InChI=1S/C11H11BrO4S/c1-17(14)7-2-3-9-10(4-7)15-6-11(16-9)8(13)5-12/h2-4,11H,5-6H2,1H3. The number of ether oxygens (including phenoxy) is 2. The van der Waals surface area contributed by atoms with Gasteiger partial charge in [0.25, 0.3) is 0 Å². The molecule has 0 fully saturated rings. The fourth-order valence-electron chi connectivity index (χ4n) is 1.47. The number of carbonyl (C=O) groups excluding carboxylic acids is 1. The summed E-state index contributed by atoms with van der Waals surface area (Å²) < 4.78 is 22.3. The Hall–Kier alpha value is -0.880. The van der Waals surface area contributed by atoms with Gasteiger partial charge in [-0.1, -0.05) is 15.9 Å². The highest BCUT2D eigenvalue weighted by Crippen LogP contribution is 2.33. The number of alkyl halides is 1. The Bertz CT molecular complexity index is 475. The summed E-state index contributed by atoms with van der Waals surface area (Å²) in [6.45, 7) is 0.192. The van der Waals surface area contributed by atoms with Gasteiger partial charge in [-0.15, -0.1) is 0 Å². The summed E-state index contributed by atoms with van der Waals surface area (Å²) in [5, 5.41) is 0.243. The van der Waals surface area contributed by atoms with Crippen LogP contribution in [-0.2, 0) is 15.6 Å². The second-order valence-electron chi connectivity index (χ2n) is 3.58. The van der Waals surface area contributed by atoms with Crippen molar-refractivity contribution in [3.05, 3.63) is 18.2 Å². The summed E-state index contributed by atoms with van der Waals surface area (Å²) in [5.74, 6) is 1.000. The molecule has 0 bridgehead atoms. The lowest BCUT2D eigenvalue weighted by Gasteiger charge is -2.25. The molecule has 17 heavy (non-hydrogen) atoms. The quantitative estimate of drug-likeness (QED) is 0.793. The first-order chi connectivity index (χ1) is 8.11. The molecule has 1 aliphatic rings. The summed E-state index contributed by atoms with van der Waals surface area (Å²) in [6.07, 6.45) is 1.03. The number of rotatable bonds is 3. The number of Topliss-reactive ketones (excluding diaryl/α,β-unsaturated/α-hetero) is 1. The van der Waals surface area contributed by atoms with Crippen LogP contribution in [0.3, 0.4) is 0 Å². The Morgan fingerprint density at radius 1 is 1.53 bits per heavy atom. The van der Waals surface area contributed by atoms with Crippen molar-refractivity contribution in [2.45, 2.75) is 11.0 Å². The third-order valence-corrected chi connectivity index (χ3v) is 3.87. The largest absolute Gasteiger partial charge is 0.485 e. The molecule has 0 amide bonds. The summed E-state index contributed by atoms with van der Waals surface area (Å²) in [6, 6.07) is 5.07. The van der Waals surface area contributed by atoms with Gasteiger partial charge in [-0.3, -0.25) is 9.00 Å². The summed E-state index contributed by atoms with van der Waals surface area (Å²) in [5.41, 5.74) is 0. The Morgan fingerprint density at radius 2 is 2.29 bits per heavy atom. The van der Waals surface area contributed by atoms with Gasteiger partial charge in [-0.05, 0) is 12.1 Å². The highest BCUT2D eigenvalue weighted by atomic mass is 79.9. The van der Waals surface area contributed by atoms with Crippen molar-refractivity contribution in [1.82, 2.24) is 0 Å². The van der Waals surface area contributed by atoms with Crippen LogP contribution in [-0.4, -0.2) is 34.3 Å². The molecule has 0 saturated carbocycles. The number of halogens is 1. The number of fused-ring (bicyclic) bond motifs is 1. The monoisotopic (exact) mass is 318 g/mol. The maximum atomic E-state index is 11.5. The lowest BCUT2D eigenvalue weighted by molar-refractivity contribution is -0.125. The molecule has 4 nitrogen and oxygen atoms in total. The molecule has 6 heteroatoms. The first kappa shape index (κ1) is 12.6. The van der Waals surface area contributed by atoms with Gasteiger partial charge in [0.05, 0.1) is 5.33 Å². The molecular formula is C11H11BrO4S. The number of hydrogen-bond donors (Lipinski definition) is 0. The van der Waals surface area contributed by atoms with Gasteiger partial charge < -0.3 is 9.47 Å². The van der Waals surface area contributed by atoms with Crippen LogP contribution in [0.15, 0.2) is 23.1 Å². The van der Waals surface area contributed by atoms with Gasteiger partial charge in [-0.25, -0.2) is 0 Å². The summed E-state index contributed by atoms with van der Waals surface area (Å²) in [7, 11) is -1.06. The van der Waals surface area contributed by atoms with Crippen LogP contribution in [0.1, 0.15) is 0 Å². The minimum absolute atomic E-state index is 0.0567. The van der Waals surface area contributed by atoms with E-state index in [9.17, 15) is 9.00 Å². The predicted molar refractivity (Wildman–Crippen MR) is 67.5 cm³/mol. The highest BCUT2D eigenvalue weighted by molar-refractivity contribution is 9.09. The average Bonchev–Trinajstić information content (AvgIpc) is 2.36. The number of benzene rings is 1. The Balaban J connectivity index is 2.23. The zero-order chi connectivity index (χ0) is 12.4. The van der Waals surface area contributed by atoms with Gasteiger partial charge in [0.2, 0.25) is 0 Å². The molecule has 1 aromatic carbocycles. The molecule has 2 unspecified atom stereocenters. The molecule has 1 aliphatic heterocycles. The van der Waals surface area contributed by atoms with E-state index < -0.39 is 16.9 Å². The van der Waals surface area contributed by atoms with Crippen LogP contribution >= 0.6 is 15.9 Å². The summed E-state index contributed by atoms with van der Waals surface area (Å²) in [4.78, 5) is 12.1. The molecule has 1 aromatic rings. The molecule has 0 spiro atoms. The molecule has 0 radical (unpaired) electrons. The van der Waals surface area contributed by atoms with Gasteiger partial charge in [0.1, 0.15) is 6.61 Å². The molecule has 0 saturated heterocycles. The van der Waals surface area contributed by atoms with Crippen molar-refractivity contribution >= 4 is 32.5 Å². The highest BCUT2D eigenvalue weighted by Gasteiger charge is 2.26. The minimum atomic E-state index is -1.06. The van der Waals surface area contributed by atoms with E-state index in [1.54, 1.807) is 24.5 Å². The molecule has 0 aromatic heterocycles. The van der Waals surface area contributed by atoms with E-state index in [-0.39, 0.29) is 17.7 Å². The van der Waals surface area contributed by atoms with Crippen LogP contribution < -0.4 is 9.47 Å². The van der Waals surface area contributed by atoms with Crippen molar-refractivity contribution in [1.29, 1.82) is 0 Å². The van der Waals surface area contributed by atoms with Crippen LogP contribution in [0.2, 0.25) is 0 Å². The van der Waals surface area contributed by atoms with Crippen molar-refractivity contribution < 1.29 is 18.5 Å². The molecule has 0 aliphatic carbocycles. The number of carbonyl (C=O) groups is 1. The molecule has 2 atom stereocenters. The van der Waals surface area contributed by atoms with Crippen LogP contribution in [0, 0.1) is 0 Å².